The smallest absolute Gasteiger partial charge is 0.207 e. The molecule has 3 nitrogen and oxygen atoms in total. The van der Waals surface area contributed by atoms with E-state index in [-0.39, 0.29) is 26.9 Å². The van der Waals surface area contributed by atoms with E-state index in [9.17, 15) is 8.42 Å². The van der Waals surface area contributed by atoms with Gasteiger partial charge in [-0.05, 0) is 12.1 Å². The number of hydrogen-bond donors (Lipinski definition) is 0. The molecule has 0 aliphatic carbocycles. The number of nitrogens with zero attached hydrogens (tertiary/aromatic N) is 1. The van der Waals surface area contributed by atoms with Crippen molar-refractivity contribution in [1.29, 1.82) is 5.26 Å². The summed E-state index contributed by atoms with van der Waals surface area (Å²) in [4.78, 5) is -0.236. The molecule has 0 saturated carbocycles. The van der Waals surface area contributed by atoms with Crippen LogP contribution in [0.2, 0.25) is 5.02 Å². The average Bonchev–Trinajstić information content (AvgIpc) is 2.15. The molecule has 0 radical (unpaired) electrons. The molecule has 80 valence electrons. The molecule has 1 aromatic carbocycles. The molecule has 0 fully saturated rings. The SMILES string of the molecule is N#Cc1ccc(S(=O)(=O)Cl)c(Cl)c1CCl. The van der Waals surface area contributed by atoms with Crippen LogP contribution in [0.25, 0.3) is 0 Å². The van der Waals surface area contributed by atoms with Gasteiger partial charge in [-0.15, -0.1) is 11.6 Å². The Morgan fingerprint density at radius 3 is 2.40 bits per heavy atom. The normalized spacial score (nSPS) is 11.1. The van der Waals surface area contributed by atoms with Crippen LogP contribution in [0.15, 0.2) is 17.0 Å². The lowest BCUT2D eigenvalue weighted by Gasteiger charge is -2.06. The highest BCUT2D eigenvalue weighted by Crippen LogP contribution is 2.31. The van der Waals surface area contributed by atoms with Crippen LogP contribution in [0.1, 0.15) is 11.1 Å². The molecule has 0 aromatic heterocycles. The Labute approximate surface area is 102 Å². The van der Waals surface area contributed by atoms with Crippen molar-refractivity contribution in [2.75, 3.05) is 0 Å². The van der Waals surface area contributed by atoms with Gasteiger partial charge in [0.15, 0.2) is 0 Å². The van der Waals surface area contributed by atoms with Crippen LogP contribution >= 0.6 is 33.9 Å². The van der Waals surface area contributed by atoms with Crippen molar-refractivity contribution in [2.24, 2.45) is 0 Å². The molecule has 0 unspecified atom stereocenters. The van der Waals surface area contributed by atoms with E-state index in [0.717, 1.165) is 0 Å². The zero-order chi connectivity index (χ0) is 11.6. The summed E-state index contributed by atoms with van der Waals surface area (Å²) in [6, 6.07) is 4.36. The van der Waals surface area contributed by atoms with E-state index in [4.69, 9.17) is 39.1 Å². The van der Waals surface area contributed by atoms with Gasteiger partial charge in [0.25, 0.3) is 9.05 Å². The summed E-state index contributed by atoms with van der Waals surface area (Å²) in [5.41, 5.74) is 0.502. The first-order chi connectivity index (χ1) is 6.91. The Kier molecular flexibility index (Phi) is 3.85. The van der Waals surface area contributed by atoms with Gasteiger partial charge in [0.1, 0.15) is 4.90 Å². The minimum absolute atomic E-state index is 0.0536. The predicted molar refractivity (Wildman–Crippen MR) is 58.8 cm³/mol. The summed E-state index contributed by atoms with van der Waals surface area (Å²) in [7, 11) is 1.23. The summed E-state index contributed by atoms with van der Waals surface area (Å²) >= 11 is 11.3. The second-order valence-corrected chi connectivity index (χ2v) is 5.77. The van der Waals surface area contributed by atoms with Gasteiger partial charge < -0.3 is 0 Å². The highest BCUT2D eigenvalue weighted by molar-refractivity contribution is 8.13. The first kappa shape index (κ1) is 12.6. The van der Waals surface area contributed by atoms with Gasteiger partial charge in [-0.2, -0.15) is 5.26 Å². The van der Waals surface area contributed by atoms with Crippen molar-refractivity contribution < 1.29 is 8.42 Å². The maximum Gasteiger partial charge on any atom is 0.262 e. The van der Waals surface area contributed by atoms with Crippen LogP contribution in [-0.2, 0) is 14.9 Å². The van der Waals surface area contributed by atoms with Crippen LogP contribution in [0.3, 0.4) is 0 Å². The summed E-state index contributed by atoms with van der Waals surface area (Å²) < 4.78 is 22.2. The van der Waals surface area contributed by atoms with Crippen molar-refractivity contribution in [3.05, 3.63) is 28.3 Å². The molecule has 0 amide bonds. The fourth-order valence-corrected chi connectivity index (χ4v) is 2.98. The van der Waals surface area contributed by atoms with Crippen LogP contribution in [0.5, 0.6) is 0 Å². The Morgan fingerprint density at radius 1 is 1.40 bits per heavy atom. The lowest BCUT2D eigenvalue weighted by atomic mass is 10.1. The van der Waals surface area contributed by atoms with E-state index in [1.54, 1.807) is 0 Å². The second kappa shape index (κ2) is 4.58. The Bertz CT molecular complexity index is 534. The zero-order valence-electron chi connectivity index (χ0n) is 7.17. The third-order valence-electron chi connectivity index (χ3n) is 1.72. The molecule has 0 atom stereocenters. The van der Waals surface area contributed by atoms with Crippen molar-refractivity contribution >= 4 is 42.9 Å². The topological polar surface area (TPSA) is 57.9 Å². The van der Waals surface area contributed by atoms with E-state index in [2.05, 4.69) is 0 Å². The molecule has 0 aliphatic heterocycles. The number of rotatable bonds is 2. The number of hydrogen-bond acceptors (Lipinski definition) is 3. The lowest BCUT2D eigenvalue weighted by Crippen LogP contribution is -1.97. The molecule has 15 heavy (non-hydrogen) atoms. The molecule has 0 aliphatic rings. The quantitative estimate of drug-likeness (QED) is 0.620. The largest absolute Gasteiger partial charge is 0.262 e. The maximum absolute atomic E-state index is 11.1. The molecule has 0 heterocycles. The van der Waals surface area contributed by atoms with Crippen LogP contribution < -0.4 is 0 Å². The lowest BCUT2D eigenvalue weighted by molar-refractivity contribution is 0.609. The van der Waals surface area contributed by atoms with Crippen LogP contribution in [0, 0.1) is 11.3 Å². The van der Waals surface area contributed by atoms with Crippen molar-refractivity contribution in [3.63, 3.8) is 0 Å². The molecule has 7 heteroatoms. The van der Waals surface area contributed by atoms with Gasteiger partial charge in [-0.1, -0.05) is 11.6 Å². The highest BCUT2D eigenvalue weighted by atomic mass is 35.7. The summed E-state index contributed by atoms with van der Waals surface area (Å²) in [5.74, 6) is -0.0536. The molecular weight excluding hydrogens is 281 g/mol. The van der Waals surface area contributed by atoms with Gasteiger partial charge in [0.05, 0.1) is 22.5 Å². The van der Waals surface area contributed by atoms with E-state index in [1.807, 2.05) is 6.07 Å². The number of nitriles is 1. The van der Waals surface area contributed by atoms with Gasteiger partial charge in [-0.25, -0.2) is 8.42 Å². The van der Waals surface area contributed by atoms with Gasteiger partial charge in [0.2, 0.25) is 0 Å². The Balaban J connectivity index is 3.59. The summed E-state index contributed by atoms with van der Waals surface area (Å²) in [6.07, 6.45) is 0. The van der Waals surface area contributed by atoms with Crippen molar-refractivity contribution in [3.8, 4) is 6.07 Å². The molecular formula is C8H4Cl3NO2S. The van der Waals surface area contributed by atoms with Crippen LogP contribution in [-0.4, -0.2) is 8.42 Å². The second-order valence-electron chi connectivity index (χ2n) is 2.59. The van der Waals surface area contributed by atoms with Gasteiger partial charge in [-0.3, -0.25) is 0 Å². The van der Waals surface area contributed by atoms with Gasteiger partial charge >= 0.3 is 0 Å². The predicted octanol–water partition coefficient (Wildman–Crippen LogP) is 2.88. The monoisotopic (exact) mass is 283 g/mol. The summed E-state index contributed by atoms with van der Waals surface area (Å²) in [6.45, 7) is 0. The fourth-order valence-electron chi connectivity index (χ4n) is 1.02. The van der Waals surface area contributed by atoms with E-state index >= 15 is 0 Å². The van der Waals surface area contributed by atoms with E-state index in [1.165, 1.54) is 12.1 Å². The Hall–Kier alpha value is -0.470. The Morgan fingerprint density at radius 2 is 2.00 bits per heavy atom. The molecule has 0 bridgehead atoms. The number of benzene rings is 1. The fraction of sp³-hybridized carbons (Fsp3) is 0.125. The molecule has 1 aromatic rings. The third-order valence-corrected chi connectivity index (χ3v) is 3.90. The van der Waals surface area contributed by atoms with Crippen molar-refractivity contribution in [1.82, 2.24) is 0 Å². The molecule has 1 rings (SSSR count). The molecule has 0 N–H and O–H groups in total. The van der Waals surface area contributed by atoms with Gasteiger partial charge in [0, 0.05) is 16.2 Å². The molecule has 0 spiro atoms. The van der Waals surface area contributed by atoms with E-state index in [0.29, 0.717) is 0 Å². The first-order valence-electron chi connectivity index (χ1n) is 3.64. The molecule has 0 saturated heterocycles. The van der Waals surface area contributed by atoms with Crippen molar-refractivity contribution in [2.45, 2.75) is 10.8 Å². The standard InChI is InChI=1S/C8H4Cl3NO2S/c9-3-6-5(4-12)1-2-7(8(6)10)15(11,13)14/h1-2H,3H2. The minimum Gasteiger partial charge on any atom is -0.207 e. The minimum atomic E-state index is -3.92. The summed E-state index contributed by atoms with van der Waals surface area (Å²) in [5, 5.41) is 8.62. The van der Waals surface area contributed by atoms with Crippen LogP contribution in [0.4, 0.5) is 0 Å². The highest BCUT2D eigenvalue weighted by Gasteiger charge is 2.19. The van der Waals surface area contributed by atoms with E-state index < -0.39 is 9.05 Å². The average molecular weight is 285 g/mol. The first-order valence-corrected chi connectivity index (χ1v) is 6.86. The third kappa shape index (κ3) is 2.56. The number of halogens is 3. The maximum atomic E-state index is 11.1. The number of alkyl halides is 1. The zero-order valence-corrected chi connectivity index (χ0v) is 10.3.